The Kier molecular flexibility index (Phi) is 5.95. The van der Waals surface area contributed by atoms with Crippen LogP contribution in [0, 0.1) is 0 Å². The van der Waals surface area contributed by atoms with Gasteiger partial charge in [0.15, 0.2) is 0 Å². The van der Waals surface area contributed by atoms with Crippen LogP contribution in [-0.4, -0.2) is 47.9 Å². The normalized spacial score (nSPS) is 24.7. The summed E-state index contributed by atoms with van der Waals surface area (Å²) in [6, 6.07) is 8.57. The van der Waals surface area contributed by atoms with Crippen molar-refractivity contribution in [3.63, 3.8) is 0 Å². The lowest BCUT2D eigenvalue weighted by molar-refractivity contribution is -0.133. The van der Waals surface area contributed by atoms with Crippen molar-refractivity contribution in [2.24, 2.45) is 4.36 Å². The number of carbonyl (C=O) groups excluding carboxylic acids is 1. The summed E-state index contributed by atoms with van der Waals surface area (Å²) in [7, 11) is 1.98. The predicted octanol–water partition coefficient (Wildman–Crippen LogP) is 3.46. The fourth-order valence-corrected chi connectivity index (χ4v) is 4.44. The number of nitrogens with zero attached hydrogens (tertiary/aromatic N) is 3. The van der Waals surface area contributed by atoms with Gasteiger partial charge in [-0.2, -0.15) is 4.36 Å². The molecule has 1 aromatic rings. The molecule has 1 saturated carbocycles. The van der Waals surface area contributed by atoms with Crippen LogP contribution in [0.5, 0.6) is 0 Å². The van der Waals surface area contributed by atoms with Gasteiger partial charge < -0.3 is 4.90 Å². The van der Waals surface area contributed by atoms with Crippen molar-refractivity contribution < 1.29 is 4.79 Å². The molecule has 0 unspecified atom stereocenters. The van der Waals surface area contributed by atoms with Gasteiger partial charge in [0.1, 0.15) is 0 Å². The van der Waals surface area contributed by atoms with E-state index in [0.29, 0.717) is 18.5 Å². The minimum absolute atomic E-state index is 0.178. The second kappa shape index (κ2) is 8.17. The molecule has 3 rings (SSSR count). The molecular formula is C19H27N3OS. The highest BCUT2D eigenvalue weighted by molar-refractivity contribution is 7.47. The molecule has 1 aliphatic carbocycles. The summed E-state index contributed by atoms with van der Waals surface area (Å²) in [6.45, 7) is 2.39. The lowest BCUT2D eigenvalue weighted by Gasteiger charge is -2.42. The summed E-state index contributed by atoms with van der Waals surface area (Å²) in [5, 5.41) is 0. The van der Waals surface area contributed by atoms with Gasteiger partial charge in [-0.25, -0.2) is 0 Å². The second-order valence-electron chi connectivity index (χ2n) is 7.06. The Bertz CT molecular complexity index is 586. The number of hydrogen-bond acceptors (Lipinski definition) is 4. The van der Waals surface area contributed by atoms with E-state index >= 15 is 0 Å². The molecule has 5 heteroatoms. The number of hydrogen-bond donors (Lipinski definition) is 0. The molecule has 0 bridgehead atoms. The maximum Gasteiger partial charge on any atom is 0.227 e. The van der Waals surface area contributed by atoms with E-state index in [1.54, 1.807) is 0 Å². The molecule has 1 heterocycles. The quantitative estimate of drug-likeness (QED) is 0.820. The fraction of sp³-hybridized carbons (Fsp3) is 0.632. The monoisotopic (exact) mass is 345 g/mol. The number of amides is 1. The molecule has 2 atom stereocenters. The molecule has 1 amide bonds. The first-order valence-corrected chi connectivity index (χ1v) is 9.48. The second-order valence-corrected chi connectivity index (χ2v) is 7.25. The third kappa shape index (κ3) is 3.83. The van der Waals surface area contributed by atoms with Crippen molar-refractivity contribution in [2.75, 3.05) is 20.1 Å². The molecular weight excluding hydrogens is 318 g/mol. The summed E-state index contributed by atoms with van der Waals surface area (Å²) in [4.78, 5) is 17.5. The summed E-state index contributed by atoms with van der Waals surface area (Å²) in [5.41, 5.74) is 1.67. The molecule has 2 fully saturated rings. The van der Waals surface area contributed by atoms with Gasteiger partial charge in [-0.1, -0.05) is 31.0 Å². The van der Waals surface area contributed by atoms with Crippen LogP contribution < -0.4 is 0 Å². The maximum atomic E-state index is 12.9. The molecule has 0 spiro atoms. The standard InChI is InChI=1S/C19H27N3OS/c1-21(19(23)14-15-8-2-3-9-16(15)20-24)17-10-4-5-11-18(17)22-12-6-7-13-22/h2-3,8-9,17-18H,4-7,10-14H2,1H3/t17-,18-/m1/s1. The first kappa shape index (κ1) is 17.5. The van der Waals surface area contributed by atoms with Gasteiger partial charge in [0, 0.05) is 31.6 Å². The number of likely N-dealkylation sites (tertiary alicyclic amines) is 1. The minimum atomic E-state index is 0.178. The van der Waals surface area contributed by atoms with Gasteiger partial charge in [0.2, 0.25) is 5.91 Å². The molecule has 24 heavy (non-hydrogen) atoms. The van der Waals surface area contributed by atoms with Crippen LogP contribution >= 0.6 is 0 Å². The van der Waals surface area contributed by atoms with E-state index < -0.39 is 0 Å². The molecule has 4 nitrogen and oxygen atoms in total. The van der Waals surface area contributed by atoms with Crippen molar-refractivity contribution in [1.82, 2.24) is 9.80 Å². The van der Waals surface area contributed by atoms with Crippen LogP contribution in [-0.2, 0) is 23.6 Å². The molecule has 1 aromatic carbocycles. The van der Waals surface area contributed by atoms with E-state index in [1.165, 1.54) is 45.2 Å². The Morgan fingerprint density at radius 1 is 1.21 bits per heavy atom. The lowest BCUT2D eigenvalue weighted by atomic mass is 9.88. The molecule has 2 aliphatic rings. The van der Waals surface area contributed by atoms with E-state index in [2.05, 4.69) is 9.26 Å². The van der Waals surface area contributed by atoms with Crippen LogP contribution in [0.3, 0.4) is 0 Å². The Morgan fingerprint density at radius 2 is 1.92 bits per heavy atom. The highest BCUT2D eigenvalue weighted by Gasteiger charge is 2.35. The summed E-state index contributed by atoms with van der Waals surface area (Å²) in [5.74, 6) is 0.178. The summed E-state index contributed by atoms with van der Waals surface area (Å²) >= 11 is 4.83. The van der Waals surface area contributed by atoms with Crippen LogP contribution in [0.1, 0.15) is 44.1 Å². The number of carbonyl (C=O) groups is 1. The van der Waals surface area contributed by atoms with Gasteiger partial charge in [-0.05, 0) is 50.4 Å². The zero-order valence-electron chi connectivity index (χ0n) is 14.5. The van der Waals surface area contributed by atoms with Gasteiger partial charge in [-0.3, -0.25) is 9.69 Å². The van der Waals surface area contributed by atoms with E-state index in [1.807, 2.05) is 36.2 Å². The number of benzene rings is 1. The average Bonchev–Trinajstić information content (AvgIpc) is 3.16. The predicted molar refractivity (Wildman–Crippen MR) is 99.2 cm³/mol. The smallest absolute Gasteiger partial charge is 0.227 e. The fourth-order valence-electron chi connectivity index (χ4n) is 4.26. The molecule has 0 radical (unpaired) electrons. The minimum Gasteiger partial charge on any atom is -0.341 e. The molecule has 130 valence electrons. The topological polar surface area (TPSA) is 35.9 Å². The van der Waals surface area contributed by atoms with Crippen LogP contribution in [0.2, 0.25) is 0 Å². The van der Waals surface area contributed by atoms with E-state index in [4.69, 9.17) is 12.4 Å². The van der Waals surface area contributed by atoms with Crippen molar-refractivity contribution in [3.05, 3.63) is 29.8 Å². The van der Waals surface area contributed by atoms with Gasteiger partial charge >= 0.3 is 0 Å². The average molecular weight is 346 g/mol. The van der Waals surface area contributed by atoms with Crippen molar-refractivity contribution in [1.29, 1.82) is 0 Å². The number of rotatable bonds is 5. The van der Waals surface area contributed by atoms with E-state index in [0.717, 1.165) is 17.7 Å². The number of likely N-dealkylation sites (N-methyl/N-ethyl adjacent to an activating group) is 1. The van der Waals surface area contributed by atoms with E-state index in [-0.39, 0.29) is 5.91 Å². The highest BCUT2D eigenvalue weighted by atomic mass is 32.1. The zero-order valence-corrected chi connectivity index (χ0v) is 15.3. The lowest BCUT2D eigenvalue weighted by Crippen LogP contribution is -2.53. The highest BCUT2D eigenvalue weighted by Crippen LogP contribution is 2.29. The first-order chi connectivity index (χ1) is 11.7. The van der Waals surface area contributed by atoms with Crippen molar-refractivity contribution in [2.45, 2.75) is 57.0 Å². The van der Waals surface area contributed by atoms with Gasteiger partial charge in [-0.15, -0.1) is 0 Å². The maximum absolute atomic E-state index is 12.9. The van der Waals surface area contributed by atoms with Crippen molar-refractivity contribution in [3.8, 4) is 0 Å². The third-order valence-corrected chi connectivity index (χ3v) is 5.82. The van der Waals surface area contributed by atoms with Gasteiger partial charge in [0.05, 0.1) is 12.1 Å². The summed E-state index contributed by atoms with van der Waals surface area (Å²) < 4.78 is 3.88. The molecule has 1 aliphatic heterocycles. The Balaban J connectivity index is 1.70. The largest absolute Gasteiger partial charge is 0.341 e. The molecule has 0 N–H and O–H groups in total. The van der Waals surface area contributed by atoms with E-state index in [9.17, 15) is 4.79 Å². The summed E-state index contributed by atoms with van der Waals surface area (Å²) in [6.07, 6.45) is 7.85. The third-order valence-electron chi connectivity index (χ3n) is 5.63. The van der Waals surface area contributed by atoms with Crippen molar-refractivity contribution >= 4 is 24.0 Å². The molecule has 0 aromatic heterocycles. The van der Waals surface area contributed by atoms with Crippen LogP contribution in [0.25, 0.3) is 0 Å². The first-order valence-electron chi connectivity index (χ1n) is 9.11. The Hall–Kier alpha value is -1.33. The zero-order chi connectivity index (χ0) is 16.9. The molecule has 1 saturated heterocycles. The SMILES string of the molecule is CN(C(=O)Cc1ccccc1N=S)[C@@H]1CCCC[C@H]1N1CCCC1. The Morgan fingerprint density at radius 3 is 2.67 bits per heavy atom. The van der Waals surface area contributed by atoms with Crippen LogP contribution in [0.15, 0.2) is 28.6 Å². The van der Waals surface area contributed by atoms with Crippen LogP contribution in [0.4, 0.5) is 5.69 Å². The van der Waals surface area contributed by atoms with Gasteiger partial charge in [0.25, 0.3) is 0 Å². The Labute approximate surface area is 150 Å².